The first-order chi connectivity index (χ1) is 11.6. The molecule has 0 atom stereocenters. The quantitative estimate of drug-likeness (QED) is 0.582. The summed E-state index contributed by atoms with van der Waals surface area (Å²) in [5, 5.41) is 2.45. The van der Waals surface area contributed by atoms with Crippen LogP contribution in [0.3, 0.4) is 0 Å². The van der Waals surface area contributed by atoms with Crippen LogP contribution in [0.15, 0.2) is 54.6 Å². The molecule has 2 amide bonds. The molecule has 0 bridgehead atoms. The Morgan fingerprint density at radius 3 is 2.38 bits per heavy atom. The molecular weight excluding hydrogens is 326 g/mol. The summed E-state index contributed by atoms with van der Waals surface area (Å²) < 4.78 is 5.40. The minimum Gasteiger partial charge on any atom is -0.483 e. The Kier molecular flexibility index (Phi) is 6.27. The monoisotopic (exact) mass is 343 g/mol. The molecule has 3 N–H and O–H groups in total. The van der Waals surface area contributed by atoms with Crippen LogP contribution < -0.4 is 20.9 Å². The molecule has 0 aliphatic carbocycles. The number of carbonyl (C=O) groups is 2. The summed E-state index contributed by atoms with van der Waals surface area (Å²) in [7, 11) is 0. The first-order valence-electron chi connectivity index (χ1n) is 7.20. The molecule has 0 saturated carbocycles. The second kappa shape index (κ2) is 8.64. The van der Waals surface area contributed by atoms with Crippen molar-refractivity contribution in [3.63, 3.8) is 0 Å². The number of aryl methyl sites for hydroxylation is 1. The van der Waals surface area contributed by atoms with E-state index in [2.05, 4.69) is 16.2 Å². The van der Waals surface area contributed by atoms with E-state index in [-0.39, 0.29) is 17.6 Å². The topological polar surface area (TPSA) is 79.5 Å². The first kappa shape index (κ1) is 17.4. The van der Waals surface area contributed by atoms with E-state index in [1.54, 1.807) is 30.3 Å². The van der Waals surface area contributed by atoms with Crippen LogP contribution in [0.2, 0.25) is 0 Å². The SMILES string of the molecule is Cc1ccccc1OCC(=O)NNC(=S)NC(=O)c1ccccc1. The molecule has 7 heteroatoms. The lowest BCUT2D eigenvalue weighted by atomic mass is 10.2. The first-order valence-corrected chi connectivity index (χ1v) is 7.61. The zero-order chi connectivity index (χ0) is 17.4. The molecule has 6 nitrogen and oxygen atoms in total. The van der Waals surface area contributed by atoms with Gasteiger partial charge >= 0.3 is 0 Å². The normalized spacial score (nSPS) is 9.71. The molecular formula is C17H17N3O3S. The zero-order valence-electron chi connectivity index (χ0n) is 13.0. The summed E-state index contributed by atoms with van der Waals surface area (Å²) in [6, 6.07) is 16.0. The number of benzene rings is 2. The van der Waals surface area contributed by atoms with Gasteiger partial charge in [0.2, 0.25) is 0 Å². The van der Waals surface area contributed by atoms with Crippen LogP contribution in [-0.2, 0) is 4.79 Å². The highest BCUT2D eigenvalue weighted by Crippen LogP contribution is 2.15. The minimum absolute atomic E-state index is 0.00639. The van der Waals surface area contributed by atoms with Crippen molar-refractivity contribution in [2.75, 3.05) is 6.61 Å². The fourth-order valence-electron chi connectivity index (χ4n) is 1.82. The lowest BCUT2D eigenvalue weighted by Crippen LogP contribution is -2.49. The van der Waals surface area contributed by atoms with E-state index in [0.717, 1.165) is 5.56 Å². The maximum absolute atomic E-state index is 11.9. The van der Waals surface area contributed by atoms with Crippen LogP contribution in [0, 0.1) is 6.92 Å². The summed E-state index contributed by atoms with van der Waals surface area (Å²) in [4.78, 5) is 23.6. The maximum atomic E-state index is 11.9. The molecule has 2 aromatic carbocycles. The third-order valence-corrected chi connectivity index (χ3v) is 3.23. The van der Waals surface area contributed by atoms with Crippen molar-refractivity contribution in [3.05, 3.63) is 65.7 Å². The van der Waals surface area contributed by atoms with Crippen molar-refractivity contribution in [2.45, 2.75) is 6.92 Å². The highest BCUT2D eigenvalue weighted by atomic mass is 32.1. The minimum atomic E-state index is -0.422. The molecule has 2 rings (SSSR count). The summed E-state index contributed by atoms with van der Waals surface area (Å²) in [6.45, 7) is 1.72. The molecule has 0 unspecified atom stereocenters. The second-order valence-corrected chi connectivity index (χ2v) is 5.28. The van der Waals surface area contributed by atoms with Gasteiger partial charge in [0.1, 0.15) is 5.75 Å². The molecule has 0 saturated heterocycles. The molecule has 0 heterocycles. The molecule has 0 aliphatic heterocycles. The predicted octanol–water partition coefficient (Wildman–Crippen LogP) is 1.71. The number of amides is 2. The molecule has 0 fully saturated rings. The Labute approximate surface area is 145 Å². The fourth-order valence-corrected chi connectivity index (χ4v) is 1.96. The Morgan fingerprint density at radius 1 is 1.00 bits per heavy atom. The van der Waals surface area contributed by atoms with Crippen molar-refractivity contribution in [3.8, 4) is 5.75 Å². The second-order valence-electron chi connectivity index (χ2n) is 4.88. The van der Waals surface area contributed by atoms with Crippen LogP contribution in [-0.4, -0.2) is 23.5 Å². The van der Waals surface area contributed by atoms with E-state index in [1.165, 1.54) is 0 Å². The standard InChI is InChI=1S/C17H17N3O3S/c1-12-7-5-6-10-14(12)23-11-15(21)19-20-17(24)18-16(22)13-8-3-2-4-9-13/h2-10H,11H2,1H3,(H,19,21)(H2,18,20,22,24). The van der Waals surface area contributed by atoms with Crippen LogP contribution in [0.25, 0.3) is 0 Å². The van der Waals surface area contributed by atoms with Gasteiger partial charge in [0, 0.05) is 5.56 Å². The number of para-hydroxylation sites is 1. The lowest BCUT2D eigenvalue weighted by molar-refractivity contribution is -0.123. The summed E-state index contributed by atoms with van der Waals surface area (Å²) in [6.07, 6.45) is 0. The van der Waals surface area contributed by atoms with Crippen molar-refractivity contribution < 1.29 is 14.3 Å². The largest absolute Gasteiger partial charge is 0.483 e. The molecule has 24 heavy (non-hydrogen) atoms. The number of hydrogen-bond acceptors (Lipinski definition) is 4. The highest BCUT2D eigenvalue weighted by Gasteiger charge is 2.08. The van der Waals surface area contributed by atoms with Gasteiger partial charge in [-0.2, -0.15) is 0 Å². The summed E-state index contributed by atoms with van der Waals surface area (Å²) in [5.74, 6) is -0.152. The predicted molar refractivity (Wildman–Crippen MR) is 94.5 cm³/mol. The van der Waals surface area contributed by atoms with Crippen molar-refractivity contribution in [1.82, 2.24) is 16.2 Å². The highest BCUT2D eigenvalue weighted by molar-refractivity contribution is 7.80. The summed E-state index contributed by atoms with van der Waals surface area (Å²) >= 11 is 4.95. The van der Waals surface area contributed by atoms with Gasteiger partial charge in [0.15, 0.2) is 11.7 Å². The Hall–Kier alpha value is -2.93. The van der Waals surface area contributed by atoms with Gasteiger partial charge < -0.3 is 4.74 Å². The van der Waals surface area contributed by atoms with Crippen molar-refractivity contribution in [2.24, 2.45) is 0 Å². The molecule has 2 aromatic rings. The Morgan fingerprint density at radius 2 is 1.67 bits per heavy atom. The average Bonchev–Trinajstić information content (AvgIpc) is 2.60. The number of rotatable bonds is 4. The van der Waals surface area contributed by atoms with Gasteiger partial charge in [-0.05, 0) is 42.9 Å². The van der Waals surface area contributed by atoms with Crippen LogP contribution in [0.5, 0.6) is 5.75 Å². The average molecular weight is 343 g/mol. The van der Waals surface area contributed by atoms with Gasteiger partial charge in [-0.3, -0.25) is 25.8 Å². The van der Waals surface area contributed by atoms with Crippen LogP contribution in [0.4, 0.5) is 0 Å². The van der Waals surface area contributed by atoms with Gasteiger partial charge in [-0.15, -0.1) is 0 Å². The van der Waals surface area contributed by atoms with Gasteiger partial charge in [0.25, 0.3) is 11.8 Å². The third kappa shape index (κ3) is 5.36. The molecule has 0 aliphatic rings. The van der Waals surface area contributed by atoms with E-state index >= 15 is 0 Å². The summed E-state index contributed by atoms with van der Waals surface area (Å²) in [5.41, 5.74) is 6.22. The molecule has 0 spiro atoms. The maximum Gasteiger partial charge on any atom is 0.276 e. The molecule has 0 aromatic heterocycles. The van der Waals surface area contributed by atoms with E-state index < -0.39 is 5.91 Å². The van der Waals surface area contributed by atoms with Gasteiger partial charge in [-0.1, -0.05) is 36.4 Å². The number of hydrazine groups is 1. The van der Waals surface area contributed by atoms with E-state index in [0.29, 0.717) is 11.3 Å². The number of carbonyl (C=O) groups excluding carboxylic acids is 2. The lowest BCUT2D eigenvalue weighted by Gasteiger charge is -2.12. The van der Waals surface area contributed by atoms with Crippen LogP contribution in [0.1, 0.15) is 15.9 Å². The molecule has 124 valence electrons. The third-order valence-electron chi connectivity index (χ3n) is 3.03. The Bertz CT molecular complexity index is 735. The number of ether oxygens (including phenoxy) is 1. The van der Waals surface area contributed by atoms with Crippen molar-refractivity contribution >= 4 is 29.1 Å². The smallest absolute Gasteiger partial charge is 0.276 e. The number of thiocarbonyl (C=S) groups is 1. The van der Waals surface area contributed by atoms with Crippen LogP contribution >= 0.6 is 12.2 Å². The zero-order valence-corrected chi connectivity index (χ0v) is 13.9. The fraction of sp³-hybridized carbons (Fsp3) is 0.118. The number of nitrogens with one attached hydrogen (secondary N) is 3. The van der Waals surface area contributed by atoms with Gasteiger partial charge in [-0.25, -0.2) is 0 Å². The molecule has 0 radical (unpaired) electrons. The number of hydrogen-bond donors (Lipinski definition) is 3. The van der Waals surface area contributed by atoms with Gasteiger partial charge in [0.05, 0.1) is 0 Å². The Balaban J connectivity index is 1.72. The van der Waals surface area contributed by atoms with E-state index in [4.69, 9.17) is 17.0 Å². The van der Waals surface area contributed by atoms with E-state index in [1.807, 2.05) is 31.2 Å². The van der Waals surface area contributed by atoms with E-state index in [9.17, 15) is 9.59 Å². The van der Waals surface area contributed by atoms with Crippen molar-refractivity contribution in [1.29, 1.82) is 0 Å².